The van der Waals surface area contributed by atoms with E-state index in [-0.39, 0.29) is 17.4 Å². The van der Waals surface area contributed by atoms with E-state index in [1.165, 1.54) is 0 Å². The molecular weight excluding hydrogens is 444 g/mol. The van der Waals surface area contributed by atoms with Crippen LogP contribution in [0.5, 0.6) is 0 Å². The fourth-order valence-corrected chi connectivity index (χ4v) is 3.92. The van der Waals surface area contributed by atoms with Crippen molar-refractivity contribution in [1.82, 2.24) is 10.2 Å². The first kappa shape index (κ1) is 20.0. The molecule has 2 aromatic rings. The lowest BCUT2D eigenvalue weighted by molar-refractivity contribution is -0.127. The van der Waals surface area contributed by atoms with E-state index < -0.39 is 0 Å². The van der Waals surface area contributed by atoms with Crippen LogP contribution in [0.15, 0.2) is 63.6 Å². The minimum Gasteiger partial charge on any atom is -0.338 e. The van der Waals surface area contributed by atoms with E-state index in [9.17, 15) is 14.9 Å². The Bertz CT molecular complexity index is 1110. The molecule has 0 aromatic heterocycles. The maximum absolute atomic E-state index is 13.0. The highest BCUT2D eigenvalue weighted by molar-refractivity contribution is 9.10. The van der Waals surface area contributed by atoms with Gasteiger partial charge >= 0.3 is 0 Å². The molecule has 2 aliphatic heterocycles. The molecule has 6 nitrogen and oxygen atoms in total. The number of fused-ring (bicyclic) bond motifs is 1. The second-order valence-corrected chi connectivity index (χ2v) is 8.07. The SMILES string of the molecule is N#CC(C(=O)N1CCCCC1)=C1N=C(NC(=O)c2ccc(Br)cc2)c2ccccc21. The minimum absolute atomic E-state index is 0.0113. The summed E-state index contributed by atoms with van der Waals surface area (Å²) >= 11 is 3.35. The van der Waals surface area contributed by atoms with Gasteiger partial charge in [0.25, 0.3) is 11.8 Å². The molecule has 0 unspecified atom stereocenters. The smallest absolute Gasteiger partial charge is 0.266 e. The number of nitrogens with one attached hydrogen (secondary N) is 1. The Morgan fingerprint density at radius 2 is 1.67 bits per heavy atom. The highest BCUT2D eigenvalue weighted by atomic mass is 79.9. The average Bonchev–Trinajstić information content (AvgIpc) is 3.13. The second-order valence-electron chi connectivity index (χ2n) is 7.16. The number of nitrogens with zero attached hydrogens (tertiary/aromatic N) is 3. The van der Waals surface area contributed by atoms with Crippen molar-refractivity contribution in [2.24, 2.45) is 4.99 Å². The third-order valence-corrected chi connectivity index (χ3v) is 5.73. The molecule has 1 fully saturated rings. The van der Waals surface area contributed by atoms with Gasteiger partial charge in [0.1, 0.15) is 17.5 Å². The Labute approximate surface area is 183 Å². The molecule has 1 saturated heterocycles. The molecule has 2 aromatic carbocycles. The predicted octanol–water partition coefficient (Wildman–Crippen LogP) is 3.89. The summed E-state index contributed by atoms with van der Waals surface area (Å²) in [5, 5.41) is 12.6. The third kappa shape index (κ3) is 3.91. The topological polar surface area (TPSA) is 85.6 Å². The van der Waals surface area contributed by atoms with Crippen LogP contribution in [0.1, 0.15) is 40.7 Å². The molecule has 0 atom stereocenters. The normalized spacial score (nSPS) is 16.9. The third-order valence-electron chi connectivity index (χ3n) is 5.21. The fourth-order valence-electron chi connectivity index (χ4n) is 3.65. The largest absolute Gasteiger partial charge is 0.338 e. The summed E-state index contributed by atoms with van der Waals surface area (Å²) in [5.74, 6) is -0.267. The summed E-state index contributed by atoms with van der Waals surface area (Å²) < 4.78 is 0.878. The Balaban J connectivity index is 1.70. The van der Waals surface area contributed by atoms with Gasteiger partial charge in [0.15, 0.2) is 0 Å². The molecule has 0 saturated carbocycles. The van der Waals surface area contributed by atoms with Gasteiger partial charge in [0, 0.05) is 34.3 Å². The number of hydrogen-bond donors (Lipinski definition) is 1. The van der Waals surface area contributed by atoms with Crippen LogP contribution in [0.4, 0.5) is 0 Å². The zero-order valence-corrected chi connectivity index (χ0v) is 17.8. The first-order valence-corrected chi connectivity index (χ1v) is 10.6. The summed E-state index contributed by atoms with van der Waals surface area (Å²) in [6.45, 7) is 1.30. The lowest BCUT2D eigenvalue weighted by Crippen LogP contribution is -2.36. The van der Waals surface area contributed by atoms with Gasteiger partial charge < -0.3 is 10.2 Å². The number of amidine groups is 1. The van der Waals surface area contributed by atoms with E-state index in [1.807, 2.05) is 24.3 Å². The van der Waals surface area contributed by atoms with Crippen LogP contribution < -0.4 is 5.32 Å². The van der Waals surface area contributed by atoms with Gasteiger partial charge in [-0.25, -0.2) is 4.99 Å². The van der Waals surface area contributed by atoms with Crippen molar-refractivity contribution in [2.75, 3.05) is 13.1 Å². The second kappa shape index (κ2) is 8.64. The predicted molar refractivity (Wildman–Crippen MR) is 118 cm³/mol. The number of rotatable bonds is 2. The van der Waals surface area contributed by atoms with E-state index in [0.717, 1.165) is 23.7 Å². The number of benzene rings is 2. The van der Waals surface area contributed by atoms with Crippen LogP contribution in [0.3, 0.4) is 0 Å². The van der Waals surface area contributed by atoms with Gasteiger partial charge in [-0.05, 0) is 43.5 Å². The number of aliphatic imine (C=N–C) groups is 1. The van der Waals surface area contributed by atoms with Crippen molar-refractivity contribution in [3.8, 4) is 6.07 Å². The zero-order chi connectivity index (χ0) is 21.1. The molecule has 0 bridgehead atoms. The number of piperidine rings is 1. The maximum atomic E-state index is 13.0. The number of likely N-dealkylation sites (tertiary alicyclic amines) is 1. The van der Waals surface area contributed by atoms with Gasteiger partial charge in [-0.3, -0.25) is 9.59 Å². The summed E-state index contributed by atoms with van der Waals surface area (Å²) in [5.41, 5.74) is 2.18. The van der Waals surface area contributed by atoms with E-state index in [0.29, 0.717) is 41.3 Å². The minimum atomic E-state index is -0.307. The number of carbonyl (C=O) groups is 2. The van der Waals surface area contributed by atoms with Gasteiger partial charge in [0.05, 0.1) is 5.70 Å². The average molecular weight is 463 g/mol. The quantitative estimate of drug-likeness (QED) is 0.542. The summed E-state index contributed by atoms with van der Waals surface area (Å²) in [7, 11) is 0. The highest BCUT2D eigenvalue weighted by Gasteiger charge is 2.29. The number of carbonyl (C=O) groups excluding carboxylic acids is 2. The van der Waals surface area contributed by atoms with Gasteiger partial charge in [-0.2, -0.15) is 5.26 Å². The van der Waals surface area contributed by atoms with Crippen molar-refractivity contribution in [1.29, 1.82) is 5.26 Å². The van der Waals surface area contributed by atoms with Gasteiger partial charge in [-0.15, -0.1) is 0 Å². The van der Waals surface area contributed by atoms with Crippen LogP contribution in [0, 0.1) is 11.3 Å². The molecule has 2 amide bonds. The molecule has 7 heteroatoms. The van der Waals surface area contributed by atoms with Gasteiger partial charge in [0.2, 0.25) is 0 Å². The van der Waals surface area contributed by atoms with Crippen LogP contribution in [0.25, 0.3) is 5.70 Å². The number of hydrogen-bond acceptors (Lipinski definition) is 4. The summed E-state index contributed by atoms with van der Waals surface area (Å²) in [6, 6.07) is 16.3. The number of amides is 2. The highest BCUT2D eigenvalue weighted by Crippen LogP contribution is 2.31. The Hall–Kier alpha value is -3.24. The summed E-state index contributed by atoms with van der Waals surface area (Å²) in [6.07, 6.45) is 2.97. The first-order chi connectivity index (χ1) is 14.6. The molecule has 0 radical (unpaired) electrons. The Morgan fingerprint density at radius 3 is 2.33 bits per heavy atom. The molecule has 0 aliphatic carbocycles. The molecule has 4 rings (SSSR count). The van der Waals surface area contributed by atoms with Crippen LogP contribution in [0.2, 0.25) is 0 Å². The molecule has 2 heterocycles. The van der Waals surface area contributed by atoms with Gasteiger partial charge in [-0.1, -0.05) is 40.2 Å². The van der Waals surface area contributed by atoms with E-state index >= 15 is 0 Å². The van der Waals surface area contributed by atoms with Crippen LogP contribution in [-0.4, -0.2) is 35.6 Å². The number of nitriles is 1. The van der Waals surface area contributed by atoms with Crippen LogP contribution >= 0.6 is 15.9 Å². The Morgan fingerprint density at radius 1 is 1.00 bits per heavy atom. The fraction of sp³-hybridized carbons (Fsp3) is 0.217. The van der Waals surface area contributed by atoms with Crippen molar-refractivity contribution in [2.45, 2.75) is 19.3 Å². The van der Waals surface area contributed by atoms with Crippen molar-refractivity contribution in [3.63, 3.8) is 0 Å². The lowest BCUT2D eigenvalue weighted by atomic mass is 10.0. The summed E-state index contributed by atoms with van der Waals surface area (Å²) in [4.78, 5) is 31.9. The number of halogens is 1. The standard InChI is InChI=1S/C23H19BrN4O2/c24-16-10-8-15(9-11-16)22(29)27-21-18-7-3-2-6-17(18)20(26-21)19(14-25)23(30)28-12-4-1-5-13-28/h2-3,6-11H,1,4-5,12-13H2,(H,26,27,29). The van der Waals surface area contributed by atoms with E-state index in [1.54, 1.807) is 29.2 Å². The van der Waals surface area contributed by atoms with E-state index in [2.05, 4.69) is 32.3 Å². The monoisotopic (exact) mass is 462 g/mol. The van der Waals surface area contributed by atoms with Crippen molar-refractivity contribution < 1.29 is 9.59 Å². The molecule has 150 valence electrons. The molecule has 1 N–H and O–H groups in total. The zero-order valence-electron chi connectivity index (χ0n) is 16.2. The molecule has 2 aliphatic rings. The molecule has 30 heavy (non-hydrogen) atoms. The lowest BCUT2D eigenvalue weighted by Gasteiger charge is -2.26. The first-order valence-electron chi connectivity index (χ1n) is 9.77. The Kier molecular flexibility index (Phi) is 5.77. The maximum Gasteiger partial charge on any atom is 0.266 e. The van der Waals surface area contributed by atoms with Crippen molar-refractivity contribution >= 4 is 39.3 Å². The van der Waals surface area contributed by atoms with Crippen LogP contribution in [-0.2, 0) is 4.79 Å². The molecule has 0 spiro atoms. The van der Waals surface area contributed by atoms with Crippen molar-refractivity contribution in [3.05, 3.63) is 75.3 Å². The molecular formula is C23H19BrN4O2. The van der Waals surface area contributed by atoms with E-state index in [4.69, 9.17) is 0 Å².